The minimum atomic E-state index is -1.18. The van der Waals surface area contributed by atoms with Gasteiger partial charge >= 0.3 is 5.97 Å². The lowest BCUT2D eigenvalue weighted by atomic mass is 10.00. The fourth-order valence-corrected chi connectivity index (χ4v) is 2.40. The van der Waals surface area contributed by atoms with Crippen LogP contribution in [0.1, 0.15) is 6.92 Å². The van der Waals surface area contributed by atoms with E-state index in [1.54, 1.807) is 6.92 Å². The molecule has 114 valence electrons. The van der Waals surface area contributed by atoms with Crippen molar-refractivity contribution in [3.05, 3.63) is 30.1 Å². The van der Waals surface area contributed by atoms with Crippen molar-refractivity contribution in [3.63, 3.8) is 0 Å². The smallest absolute Gasteiger partial charge is 0.357 e. The number of anilines is 1. The first-order valence-electron chi connectivity index (χ1n) is 6.58. The molecule has 1 fully saturated rings. The number of hydrogen-bond acceptors (Lipinski definition) is 6. The Morgan fingerprint density at radius 2 is 2.00 bits per heavy atom. The summed E-state index contributed by atoms with van der Waals surface area (Å²) >= 11 is 0. The quantitative estimate of drug-likeness (QED) is 0.604. The zero-order valence-corrected chi connectivity index (χ0v) is 11.5. The molecule has 2 aliphatic heterocycles. The summed E-state index contributed by atoms with van der Waals surface area (Å²) in [4.78, 5) is 42.3. The Labute approximate surface area is 124 Å². The van der Waals surface area contributed by atoms with E-state index in [1.807, 2.05) is 0 Å². The van der Waals surface area contributed by atoms with Gasteiger partial charge in [0.2, 0.25) is 12.0 Å². The largest absolute Gasteiger partial charge is 0.461 e. The van der Waals surface area contributed by atoms with E-state index in [4.69, 9.17) is 9.57 Å². The molecule has 22 heavy (non-hydrogen) atoms. The summed E-state index contributed by atoms with van der Waals surface area (Å²) in [5.74, 6) is -3.71. The summed E-state index contributed by atoms with van der Waals surface area (Å²) in [6, 6.07) is 4.86. The molecule has 0 saturated carbocycles. The van der Waals surface area contributed by atoms with Crippen molar-refractivity contribution >= 4 is 29.2 Å². The Kier molecular flexibility index (Phi) is 3.36. The molecule has 1 aromatic carbocycles. The number of ether oxygens (including phenoxy) is 1. The highest BCUT2D eigenvalue weighted by molar-refractivity contribution is 6.46. The summed E-state index contributed by atoms with van der Waals surface area (Å²) in [5, 5.41) is 3.50. The number of carbonyl (C=O) groups excluding carboxylic acids is 3. The molecule has 0 bridgehead atoms. The van der Waals surface area contributed by atoms with Crippen LogP contribution in [0.3, 0.4) is 0 Å². The summed E-state index contributed by atoms with van der Waals surface area (Å²) in [6.07, 6.45) is -1.18. The standard InChI is InChI=1S/C14H11FN2O5/c1-2-21-14(20)10-9-11(22-16-10)13(19)17(12(9)18)8-5-3-7(15)4-6-8/h3-6,9,11H,2H2,1H3. The van der Waals surface area contributed by atoms with Gasteiger partial charge in [0, 0.05) is 0 Å². The maximum atomic E-state index is 13.0. The lowest BCUT2D eigenvalue weighted by molar-refractivity contribution is -0.136. The number of imide groups is 1. The molecular formula is C14H11FN2O5. The Morgan fingerprint density at radius 3 is 2.64 bits per heavy atom. The third kappa shape index (κ3) is 2.03. The first-order chi connectivity index (χ1) is 10.5. The maximum Gasteiger partial charge on any atom is 0.357 e. The second-order valence-corrected chi connectivity index (χ2v) is 4.69. The van der Waals surface area contributed by atoms with Crippen molar-refractivity contribution in [3.8, 4) is 0 Å². The molecule has 8 heteroatoms. The zero-order chi connectivity index (χ0) is 15.9. The van der Waals surface area contributed by atoms with E-state index in [0.29, 0.717) is 0 Å². The molecule has 2 heterocycles. The van der Waals surface area contributed by atoms with Crippen molar-refractivity contribution in [1.82, 2.24) is 0 Å². The Bertz CT molecular complexity index is 685. The highest BCUT2D eigenvalue weighted by Crippen LogP contribution is 2.33. The van der Waals surface area contributed by atoms with Gasteiger partial charge in [0.1, 0.15) is 11.7 Å². The van der Waals surface area contributed by atoms with E-state index < -0.39 is 35.6 Å². The van der Waals surface area contributed by atoms with Gasteiger partial charge in [-0.15, -0.1) is 0 Å². The van der Waals surface area contributed by atoms with Crippen molar-refractivity contribution in [2.24, 2.45) is 11.1 Å². The Balaban J connectivity index is 1.91. The number of rotatable bonds is 3. The van der Waals surface area contributed by atoms with Crippen LogP contribution in [0.4, 0.5) is 10.1 Å². The van der Waals surface area contributed by atoms with Crippen LogP contribution < -0.4 is 4.90 Å². The van der Waals surface area contributed by atoms with E-state index in [2.05, 4.69) is 5.16 Å². The maximum absolute atomic E-state index is 13.0. The van der Waals surface area contributed by atoms with Crippen LogP contribution in [0.25, 0.3) is 0 Å². The fourth-order valence-electron chi connectivity index (χ4n) is 2.40. The number of oxime groups is 1. The van der Waals surface area contributed by atoms with Gasteiger partial charge in [0.15, 0.2) is 5.71 Å². The SMILES string of the molecule is CCOC(=O)C1=NOC2C(=O)N(c3ccc(F)cc3)C(=O)C12. The highest BCUT2D eigenvalue weighted by atomic mass is 19.1. The molecule has 2 amide bonds. The second kappa shape index (κ2) is 5.21. The molecule has 0 aliphatic carbocycles. The highest BCUT2D eigenvalue weighted by Gasteiger charge is 2.58. The summed E-state index contributed by atoms with van der Waals surface area (Å²) in [6.45, 7) is 1.72. The van der Waals surface area contributed by atoms with Crippen LogP contribution in [-0.4, -0.2) is 36.2 Å². The molecule has 0 aromatic heterocycles. The average Bonchev–Trinajstić information content (AvgIpc) is 3.03. The molecule has 2 atom stereocenters. The van der Waals surface area contributed by atoms with E-state index in [-0.39, 0.29) is 18.0 Å². The van der Waals surface area contributed by atoms with Crippen molar-refractivity contribution in [2.75, 3.05) is 11.5 Å². The first kappa shape index (κ1) is 14.2. The summed E-state index contributed by atoms with van der Waals surface area (Å²) in [7, 11) is 0. The van der Waals surface area contributed by atoms with Crippen LogP contribution in [0.15, 0.2) is 29.4 Å². The predicted octanol–water partition coefficient (Wildman–Crippen LogP) is 0.633. The van der Waals surface area contributed by atoms with Gasteiger partial charge < -0.3 is 9.57 Å². The topological polar surface area (TPSA) is 85.3 Å². The molecule has 0 radical (unpaired) electrons. The van der Waals surface area contributed by atoms with Crippen molar-refractivity contribution in [2.45, 2.75) is 13.0 Å². The molecule has 3 rings (SSSR count). The van der Waals surface area contributed by atoms with E-state index in [1.165, 1.54) is 12.1 Å². The van der Waals surface area contributed by atoms with E-state index in [9.17, 15) is 18.8 Å². The molecule has 0 spiro atoms. The number of halogens is 1. The van der Waals surface area contributed by atoms with Gasteiger partial charge in [-0.1, -0.05) is 5.16 Å². The van der Waals surface area contributed by atoms with Crippen molar-refractivity contribution < 1.29 is 28.3 Å². The van der Waals surface area contributed by atoms with Gasteiger partial charge in [-0.3, -0.25) is 9.59 Å². The Hall–Kier alpha value is -2.77. The number of hydrogen-bond donors (Lipinski definition) is 0. The van der Waals surface area contributed by atoms with Gasteiger partial charge in [-0.2, -0.15) is 0 Å². The van der Waals surface area contributed by atoms with Crippen LogP contribution in [0.5, 0.6) is 0 Å². The van der Waals surface area contributed by atoms with Gasteiger partial charge in [-0.25, -0.2) is 14.1 Å². The van der Waals surface area contributed by atoms with Crippen LogP contribution in [0.2, 0.25) is 0 Å². The molecule has 2 aliphatic rings. The van der Waals surface area contributed by atoms with Gasteiger partial charge in [0.25, 0.3) is 5.91 Å². The van der Waals surface area contributed by atoms with Crippen LogP contribution in [-0.2, 0) is 24.0 Å². The second-order valence-electron chi connectivity index (χ2n) is 4.69. The Morgan fingerprint density at radius 1 is 1.32 bits per heavy atom. The number of carbonyl (C=O) groups is 3. The monoisotopic (exact) mass is 306 g/mol. The average molecular weight is 306 g/mol. The van der Waals surface area contributed by atoms with Gasteiger partial charge in [0.05, 0.1) is 12.3 Å². The summed E-state index contributed by atoms with van der Waals surface area (Å²) in [5.41, 5.74) is -0.0209. The normalized spacial score (nSPS) is 23.2. The molecule has 1 aromatic rings. The molecule has 2 unspecified atom stereocenters. The zero-order valence-electron chi connectivity index (χ0n) is 11.5. The van der Waals surface area contributed by atoms with Gasteiger partial charge in [-0.05, 0) is 31.2 Å². The first-order valence-corrected chi connectivity index (χ1v) is 6.58. The van der Waals surface area contributed by atoms with Crippen molar-refractivity contribution in [1.29, 1.82) is 0 Å². The van der Waals surface area contributed by atoms with E-state index in [0.717, 1.165) is 17.0 Å². The third-order valence-electron chi connectivity index (χ3n) is 3.38. The van der Waals surface area contributed by atoms with Crippen LogP contribution >= 0.6 is 0 Å². The number of fused-ring (bicyclic) bond motifs is 1. The molecular weight excluding hydrogens is 295 g/mol. The molecule has 1 saturated heterocycles. The summed E-state index contributed by atoms with van der Waals surface area (Å²) < 4.78 is 17.8. The lowest BCUT2D eigenvalue weighted by Crippen LogP contribution is -2.35. The number of esters is 1. The number of nitrogens with zero attached hydrogens (tertiary/aromatic N) is 2. The lowest BCUT2D eigenvalue weighted by Gasteiger charge is -2.14. The number of benzene rings is 1. The molecule has 7 nitrogen and oxygen atoms in total. The minimum absolute atomic E-state index is 0.110. The fraction of sp³-hybridized carbons (Fsp3) is 0.286. The number of amides is 2. The third-order valence-corrected chi connectivity index (χ3v) is 3.38. The predicted molar refractivity (Wildman–Crippen MR) is 71.3 cm³/mol. The minimum Gasteiger partial charge on any atom is -0.461 e. The van der Waals surface area contributed by atoms with E-state index >= 15 is 0 Å². The van der Waals surface area contributed by atoms with Crippen LogP contribution in [0, 0.1) is 11.7 Å². The molecule has 0 N–H and O–H groups in total.